The van der Waals surface area contributed by atoms with Crippen LogP contribution in [0.1, 0.15) is 11.1 Å². The Morgan fingerprint density at radius 3 is 2.78 bits per heavy atom. The molecule has 2 aromatic rings. The number of halogens is 2. The summed E-state index contributed by atoms with van der Waals surface area (Å²) in [6.07, 6.45) is 0. The van der Waals surface area contributed by atoms with Crippen molar-refractivity contribution in [2.45, 2.75) is 10.6 Å². The van der Waals surface area contributed by atoms with Gasteiger partial charge in [-0.25, -0.2) is 4.39 Å². The highest BCUT2D eigenvalue weighted by molar-refractivity contribution is 7.98. The SMILES string of the molecule is N#Cc1cc(F)cc(CSc2cccc(Cl)c2)c1. The van der Waals surface area contributed by atoms with E-state index in [1.54, 1.807) is 17.8 Å². The van der Waals surface area contributed by atoms with Gasteiger partial charge in [0.2, 0.25) is 0 Å². The Morgan fingerprint density at radius 2 is 2.06 bits per heavy atom. The van der Waals surface area contributed by atoms with Gasteiger partial charge in [0.05, 0.1) is 11.6 Å². The van der Waals surface area contributed by atoms with Gasteiger partial charge in [-0.2, -0.15) is 5.26 Å². The molecule has 0 N–H and O–H groups in total. The van der Waals surface area contributed by atoms with E-state index in [9.17, 15) is 4.39 Å². The first kappa shape index (κ1) is 12.9. The van der Waals surface area contributed by atoms with E-state index in [0.29, 0.717) is 16.3 Å². The average Bonchev–Trinajstić information content (AvgIpc) is 2.36. The van der Waals surface area contributed by atoms with Crippen LogP contribution in [0, 0.1) is 17.1 Å². The molecule has 0 atom stereocenters. The molecule has 0 amide bonds. The number of nitriles is 1. The van der Waals surface area contributed by atoms with Crippen LogP contribution in [-0.2, 0) is 5.75 Å². The zero-order valence-corrected chi connectivity index (χ0v) is 10.9. The van der Waals surface area contributed by atoms with Gasteiger partial charge < -0.3 is 0 Å². The van der Waals surface area contributed by atoms with E-state index in [0.717, 1.165) is 10.5 Å². The highest BCUT2D eigenvalue weighted by Crippen LogP contribution is 2.25. The Hall–Kier alpha value is -1.50. The van der Waals surface area contributed by atoms with Crippen molar-refractivity contribution in [3.05, 3.63) is 64.4 Å². The summed E-state index contributed by atoms with van der Waals surface area (Å²) in [5.41, 5.74) is 1.13. The Kier molecular flexibility index (Phi) is 4.24. The molecule has 0 aliphatic heterocycles. The van der Waals surface area contributed by atoms with Gasteiger partial charge in [0.1, 0.15) is 5.82 Å². The molecule has 0 unspecified atom stereocenters. The van der Waals surface area contributed by atoms with E-state index in [4.69, 9.17) is 16.9 Å². The van der Waals surface area contributed by atoms with E-state index >= 15 is 0 Å². The molecule has 0 fully saturated rings. The first-order valence-corrected chi connectivity index (χ1v) is 6.61. The molecular formula is C14H9ClFNS. The van der Waals surface area contributed by atoms with Crippen LogP contribution in [0.5, 0.6) is 0 Å². The van der Waals surface area contributed by atoms with Crippen LogP contribution < -0.4 is 0 Å². The smallest absolute Gasteiger partial charge is 0.124 e. The van der Waals surface area contributed by atoms with Crippen molar-refractivity contribution in [1.82, 2.24) is 0 Å². The number of thioether (sulfide) groups is 1. The summed E-state index contributed by atoms with van der Waals surface area (Å²) in [6, 6.07) is 13.8. The standard InChI is InChI=1S/C14H9ClFNS/c15-12-2-1-3-14(7-12)18-9-11-4-10(8-17)5-13(16)6-11/h1-7H,9H2. The molecule has 1 nitrogen and oxygen atoms in total. The van der Waals surface area contributed by atoms with E-state index in [2.05, 4.69) is 0 Å². The molecule has 0 aromatic heterocycles. The van der Waals surface area contributed by atoms with Crippen molar-refractivity contribution in [3.63, 3.8) is 0 Å². The summed E-state index contributed by atoms with van der Waals surface area (Å²) in [4.78, 5) is 1.02. The minimum Gasteiger partial charge on any atom is -0.207 e. The minimum atomic E-state index is -0.379. The van der Waals surface area contributed by atoms with E-state index in [-0.39, 0.29) is 5.82 Å². The van der Waals surface area contributed by atoms with E-state index < -0.39 is 0 Å². The van der Waals surface area contributed by atoms with E-state index in [1.807, 2.05) is 30.3 Å². The predicted octanol–water partition coefficient (Wildman–Crippen LogP) is 4.64. The lowest BCUT2D eigenvalue weighted by molar-refractivity contribution is 0.626. The van der Waals surface area contributed by atoms with Crippen LogP contribution in [0.2, 0.25) is 5.02 Å². The molecule has 90 valence electrons. The van der Waals surface area contributed by atoms with Crippen molar-refractivity contribution in [1.29, 1.82) is 5.26 Å². The zero-order chi connectivity index (χ0) is 13.0. The molecule has 0 spiro atoms. The number of rotatable bonds is 3. The van der Waals surface area contributed by atoms with Crippen LogP contribution in [0.4, 0.5) is 4.39 Å². The molecule has 0 aliphatic carbocycles. The molecular weight excluding hydrogens is 269 g/mol. The molecule has 0 saturated carbocycles. The summed E-state index contributed by atoms with van der Waals surface area (Å²) in [6.45, 7) is 0. The summed E-state index contributed by atoms with van der Waals surface area (Å²) in [7, 11) is 0. The molecule has 0 saturated heterocycles. The monoisotopic (exact) mass is 277 g/mol. The highest BCUT2D eigenvalue weighted by Gasteiger charge is 2.02. The second kappa shape index (κ2) is 5.90. The van der Waals surface area contributed by atoms with Crippen molar-refractivity contribution < 1.29 is 4.39 Å². The lowest BCUT2D eigenvalue weighted by atomic mass is 10.1. The largest absolute Gasteiger partial charge is 0.207 e. The van der Waals surface area contributed by atoms with Crippen molar-refractivity contribution >= 4 is 23.4 Å². The molecule has 18 heavy (non-hydrogen) atoms. The summed E-state index contributed by atoms with van der Waals surface area (Å²) >= 11 is 7.44. The highest BCUT2D eigenvalue weighted by atomic mass is 35.5. The van der Waals surface area contributed by atoms with Crippen LogP contribution in [0.3, 0.4) is 0 Å². The van der Waals surface area contributed by atoms with Crippen molar-refractivity contribution in [3.8, 4) is 6.07 Å². The van der Waals surface area contributed by atoms with E-state index in [1.165, 1.54) is 12.1 Å². The topological polar surface area (TPSA) is 23.8 Å². The van der Waals surface area contributed by atoms with Crippen LogP contribution in [0.25, 0.3) is 0 Å². The fourth-order valence-electron chi connectivity index (χ4n) is 1.52. The Balaban J connectivity index is 2.11. The second-order valence-electron chi connectivity index (χ2n) is 3.71. The van der Waals surface area contributed by atoms with Crippen LogP contribution in [-0.4, -0.2) is 0 Å². The van der Waals surface area contributed by atoms with Gasteiger partial charge >= 0.3 is 0 Å². The average molecular weight is 278 g/mol. The first-order chi connectivity index (χ1) is 8.67. The van der Waals surface area contributed by atoms with Crippen molar-refractivity contribution in [2.75, 3.05) is 0 Å². The summed E-state index contributed by atoms with van der Waals surface area (Å²) in [5, 5.41) is 9.44. The third-order valence-corrected chi connectivity index (χ3v) is 3.59. The predicted molar refractivity (Wildman–Crippen MR) is 72.1 cm³/mol. The van der Waals surface area contributed by atoms with Gasteiger partial charge in [-0.1, -0.05) is 17.7 Å². The Morgan fingerprint density at radius 1 is 1.22 bits per heavy atom. The number of nitrogens with zero attached hydrogens (tertiary/aromatic N) is 1. The van der Waals surface area contributed by atoms with Gasteiger partial charge in [-0.05, 0) is 42.0 Å². The summed E-state index contributed by atoms with van der Waals surface area (Å²) < 4.78 is 13.2. The van der Waals surface area contributed by atoms with Crippen molar-refractivity contribution in [2.24, 2.45) is 0 Å². The second-order valence-corrected chi connectivity index (χ2v) is 5.19. The van der Waals surface area contributed by atoms with Crippen LogP contribution >= 0.6 is 23.4 Å². The van der Waals surface area contributed by atoms with Gasteiger partial charge in [-0.3, -0.25) is 0 Å². The molecule has 4 heteroatoms. The third-order valence-electron chi connectivity index (χ3n) is 2.29. The normalized spacial score (nSPS) is 10.1. The van der Waals surface area contributed by atoms with Gasteiger partial charge in [0.15, 0.2) is 0 Å². The summed E-state index contributed by atoms with van der Waals surface area (Å²) in [5.74, 6) is 0.225. The Labute approximate surface area is 114 Å². The molecule has 0 bridgehead atoms. The maximum absolute atomic E-state index is 13.2. The number of benzene rings is 2. The maximum atomic E-state index is 13.2. The van der Waals surface area contributed by atoms with Gasteiger partial charge in [0.25, 0.3) is 0 Å². The number of hydrogen-bond donors (Lipinski definition) is 0. The number of hydrogen-bond acceptors (Lipinski definition) is 2. The molecule has 0 heterocycles. The first-order valence-electron chi connectivity index (χ1n) is 5.25. The quantitative estimate of drug-likeness (QED) is 0.763. The molecule has 2 aromatic carbocycles. The lowest BCUT2D eigenvalue weighted by Crippen LogP contribution is -1.86. The molecule has 0 aliphatic rings. The molecule has 0 radical (unpaired) electrons. The zero-order valence-electron chi connectivity index (χ0n) is 9.36. The lowest BCUT2D eigenvalue weighted by Gasteiger charge is -2.03. The third kappa shape index (κ3) is 3.49. The van der Waals surface area contributed by atoms with Crippen LogP contribution in [0.15, 0.2) is 47.4 Å². The minimum absolute atomic E-state index is 0.344. The van der Waals surface area contributed by atoms with Gasteiger partial charge in [-0.15, -0.1) is 11.8 Å². The Bertz CT molecular complexity index is 607. The fraction of sp³-hybridized carbons (Fsp3) is 0.0714. The fourth-order valence-corrected chi connectivity index (χ4v) is 2.66. The van der Waals surface area contributed by atoms with Gasteiger partial charge in [0, 0.05) is 15.7 Å². The maximum Gasteiger partial charge on any atom is 0.124 e. The molecule has 2 rings (SSSR count).